The minimum absolute atomic E-state index is 0.786. The first-order valence-electron chi connectivity index (χ1n) is 6.54. The van der Waals surface area contributed by atoms with Gasteiger partial charge in [0, 0.05) is 10.6 Å². The fraction of sp³-hybridized carbons (Fsp3) is 0.667. The first kappa shape index (κ1) is 14.6. The fourth-order valence-corrected chi connectivity index (χ4v) is 2.66. The molecule has 1 nitrogen and oxygen atoms in total. The zero-order valence-corrected chi connectivity index (χ0v) is 12.4. The molecule has 1 fully saturated rings. The lowest BCUT2D eigenvalue weighted by Crippen LogP contribution is -2.31. The second kappa shape index (κ2) is 6.44. The van der Waals surface area contributed by atoms with Gasteiger partial charge in [-0.1, -0.05) is 26.5 Å². The minimum atomic E-state index is 0.786. The smallest absolute Gasteiger partial charge is 0.0687 e. The summed E-state index contributed by atoms with van der Waals surface area (Å²) in [6, 6.07) is 0. The number of thiol groups is 1. The number of rotatable bonds is 5. The van der Waals surface area contributed by atoms with Gasteiger partial charge in [-0.3, -0.25) is 4.99 Å². The fourth-order valence-electron chi connectivity index (χ4n) is 2.61. The predicted octanol–water partition coefficient (Wildman–Crippen LogP) is 4.87. The van der Waals surface area contributed by atoms with Crippen molar-refractivity contribution in [2.24, 2.45) is 22.7 Å². The first-order chi connectivity index (χ1) is 7.95. The molecule has 0 spiro atoms. The predicted molar refractivity (Wildman–Crippen MR) is 80.7 cm³/mol. The molecule has 2 heteroatoms. The van der Waals surface area contributed by atoms with Crippen LogP contribution in [0.2, 0.25) is 0 Å². The molecule has 0 amide bonds. The highest BCUT2D eigenvalue weighted by Gasteiger charge is 2.32. The van der Waals surface area contributed by atoms with Crippen LogP contribution in [0, 0.1) is 17.8 Å². The Bertz CT molecular complexity index is 339. The molecule has 96 valence electrons. The summed E-state index contributed by atoms with van der Waals surface area (Å²) >= 11 is 4.33. The third-order valence-electron chi connectivity index (χ3n) is 3.79. The van der Waals surface area contributed by atoms with Crippen LogP contribution in [0.15, 0.2) is 28.2 Å². The van der Waals surface area contributed by atoms with Crippen molar-refractivity contribution >= 4 is 18.3 Å². The molecule has 1 rings (SSSR count). The Balaban J connectivity index is 2.52. The van der Waals surface area contributed by atoms with Crippen molar-refractivity contribution in [3.63, 3.8) is 0 Å². The second-order valence-corrected chi connectivity index (χ2v) is 5.90. The molecule has 1 saturated carbocycles. The summed E-state index contributed by atoms with van der Waals surface area (Å²) in [5.41, 5.74) is 1.98. The maximum Gasteiger partial charge on any atom is 0.0687 e. The Labute approximate surface area is 112 Å². The van der Waals surface area contributed by atoms with Gasteiger partial charge >= 0.3 is 0 Å². The van der Waals surface area contributed by atoms with Crippen LogP contribution in [0.3, 0.4) is 0 Å². The average Bonchev–Trinajstić information content (AvgIpc) is 2.22. The highest BCUT2D eigenvalue weighted by Crippen LogP contribution is 2.41. The van der Waals surface area contributed by atoms with Crippen LogP contribution in [0.25, 0.3) is 0 Å². The lowest BCUT2D eigenvalue weighted by molar-refractivity contribution is 0.128. The highest BCUT2D eigenvalue weighted by molar-refractivity contribution is 7.84. The normalized spacial score (nSPS) is 26.0. The van der Waals surface area contributed by atoms with E-state index in [-0.39, 0.29) is 0 Å². The zero-order valence-electron chi connectivity index (χ0n) is 11.5. The van der Waals surface area contributed by atoms with Crippen molar-refractivity contribution < 1.29 is 0 Å². The number of hydrogen-bond acceptors (Lipinski definition) is 2. The Morgan fingerprint density at radius 2 is 2.12 bits per heavy atom. The number of allylic oxidation sites excluding steroid dienone is 1. The molecule has 0 heterocycles. The number of hydrogen-bond donors (Lipinski definition) is 1. The molecule has 17 heavy (non-hydrogen) atoms. The molecular formula is C15H25NS. The molecule has 0 aliphatic heterocycles. The Morgan fingerprint density at radius 3 is 2.53 bits per heavy atom. The van der Waals surface area contributed by atoms with E-state index in [0.29, 0.717) is 0 Å². The summed E-state index contributed by atoms with van der Waals surface area (Å²) in [6.45, 7) is 12.7. The summed E-state index contributed by atoms with van der Waals surface area (Å²) in [4.78, 5) is 5.41. The van der Waals surface area contributed by atoms with E-state index in [1.54, 1.807) is 0 Å². The second-order valence-electron chi connectivity index (χ2n) is 5.42. The van der Waals surface area contributed by atoms with Crippen LogP contribution in [0.5, 0.6) is 0 Å². The summed E-state index contributed by atoms with van der Waals surface area (Å²) in [7, 11) is 0. The standard InChI is InChI=1S/C15H25NS/c1-6-15(17)12(5)16-11(4)9-13-7-8-14(13)10(2)3/h6,10,13-14,17H,5,7-9H2,1-4H3/b15-6+,16-11?. The van der Waals surface area contributed by atoms with Gasteiger partial charge in [0.2, 0.25) is 0 Å². The molecule has 0 aromatic heterocycles. The van der Waals surface area contributed by atoms with Crippen molar-refractivity contribution in [2.45, 2.75) is 47.0 Å². The molecule has 1 aliphatic carbocycles. The molecule has 0 N–H and O–H groups in total. The SMILES string of the molecule is C=C(N=C(C)CC1CCC1C(C)C)/C(S)=C\C. The molecule has 0 aromatic carbocycles. The minimum Gasteiger partial charge on any atom is -0.258 e. The lowest BCUT2D eigenvalue weighted by Gasteiger charge is -2.39. The van der Waals surface area contributed by atoms with E-state index in [1.807, 2.05) is 13.0 Å². The van der Waals surface area contributed by atoms with E-state index >= 15 is 0 Å². The summed E-state index contributed by atoms with van der Waals surface area (Å²) in [5, 5.41) is 0. The molecule has 0 bridgehead atoms. The zero-order chi connectivity index (χ0) is 13.0. The monoisotopic (exact) mass is 251 g/mol. The topological polar surface area (TPSA) is 12.4 Å². The van der Waals surface area contributed by atoms with Crippen LogP contribution < -0.4 is 0 Å². The lowest BCUT2D eigenvalue weighted by atomic mass is 9.66. The highest BCUT2D eigenvalue weighted by atomic mass is 32.1. The van der Waals surface area contributed by atoms with Gasteiger partial charge in [-0.15, -0.1) is 12.6 Å². The van der Waals surface area contributed by atoms with Crippen molar-refractivity contribution in [1.29, 1.82) is 0 Å². The number of aliphatic imine (C=N–C) groups is 1. The summed E-state index contributed by atoms with van der Waals surface area (Å²) in [6.07, 6.45) is 5.80. The van der Waals surface area contributed by atoms with Gasteiger partial charge in [0.25, 0.3) is 0 Å². The van der Waals surface area contributed by atoms with E-state index in [0.717, 1.165) is 34.8 Å². The van der Waals surface area contributed by atoms with Crippen molar-refractivity contribution in [1.82, 2.24) is 0 Å². The van der Waals surface area contributed by atoms with E-state index in [4.69, 9.17) is 0 Å². The molecule has 0 saturated heterocycles. The van der Waals surface area contributed by atoms with Crippen molar-refractivity contribution in [3.05, 3.63) is 23.3 Å². The Morgan fingerprint density at radius 1 is 1.47 bits per heavy atom. The van der Waals surface area contributed by atoms with E-state index in [9.17, 15) is 0 Å². The van der Waals surface area contributed by atoms with E-state index < -0.39 is 0 Å². The maximum absolute atomic E-state index is 4.54. The van der Waals surface area contributed by atoms with Crippen molar-refractivity contribution in [3.8, 4) is 0 Å². The van der Waals surface area contributed by atoms with Gasteiger partial charge in [0.05, 0.1) is 5.70 Å². The number of nitrogens with zero attached hydrogens (tertiary/aromatic N) is 1. The van der Waals surface area contributed by atoms with Crippen LogP contribution in [0.4, 0.5) is 0 Å². The van der Waals surface area contributed by atoms with Gasteiger partial charge in [-0.25, -0.2) is 0 Å². The summed E-state index contributed by atoms with van der Waals surface area (Å²) in [5.74, 6) is 2.53. The Hall–Kier alpha value is -0.500. The summed E-state index contributed by atoms with van der Waals surface area (Å²) < 4.78 is 0. The quantitative estimate of drug-likeness (QED) is 0.407. The van der Waals surface area contributed by atoms with Gasteiger partial charge in [-0.2, -0.15) is 0 Å². The average molecular weight is 251 g/mol. The molecule has 2 atom stereocenters. The molecular weight excluding hydrogens is 226 g/mol. The van der Waals surface area contributed by atoms with E-state index in [2.05, 4.69) is 45.0 Å². The van der Waals surface area contributed by atoms with Gasteiger partial charge < -0.3 is 0 Å². The Kier molecular flexibility index (Phi) is 5.51. The van der Waals surface area contributed by atoms with E-state index in [1.165, 1.54) is 18.6 Å². The largest absolute Gasteiger partial charge is 0.258 e. The molecule has 2 unspecified atom stereocenters. The van der Waals surface area contributed by atoms with Crippen LogP contribution in [0.1, 0.15) is 47.0 Å². The van der Waals surface area contributed by atoms with Crippen LogP contribution >= 0.6 is 12.6 Å². The van der Waals surface area contributed by atoms with Crippen LogP contribution in [-0.4, -0.2) is 5.71 Å². The van der Waals surface area contributed by atoms with Crippen LogP contribution in [-0.2, 0) is 0 Å². The molecule has 1 aliphatic rings. The molecule has 0 radical (unpaired) electrons. The maximum atomic E-state index is 4.54. The third kappa shape index (κ3) is 4.02. The van der Waals surface area contributed by atoms with Gasteiger partial charge in [-0.05, 0) is 50.9 Å². The van der Waals surface area contributed by atoms with Crippen molar-refractivity contribution in [2.75, 3.05) is 0 Å². The first-order valence-corrected chi connectivity index (χ1v) is 6.99. The third-order valence-corrected chi connectivity index (χ3v) is 4.30. The van der Waals surface area contributed by atoms with Gasteiger partial charge in [0.15, 0.2) is 0 Å². The molecule has 0 aromatic rings. The van der Waals surface area contributed by atoms with Gasteiger partial charge in [0.1, 0.15) is 0 Å².